The number of likely N-dealkylation sites (tertiary alicyclic amines) is 1. The van der Waals surface area contributed by atoms with Crippen LogP contribution < -0.4 is 10.2 Å². The summed E-state index contributed by atoms with van der Waals surface area (Å²) < 4.78 is 5.66. The molecule has 0 spiro atoms. The zero-order valence-electron chi connectivity index (χ0n) is 16.8. The molecule has 4 heterocycles. The average molecular weight is 393 g/mol. The van der Waals surface area contributed by atoms with Crippen LogP contribution in [-0.4, -0.2) is 52.7 Å². The molecule has 152 valence electrons. The quantitative estimate of drug-likeness (QED) is 0.864. The van der Waals surface area contributed by atoms with Crippen LogP contribution in [0.25, 0.3) is 0 Å². The molecule has 3 aliphatic rings. The molecule has 0 bridgehead atoms. The molecule has 2 aromatic rings. The van der Waals surface area contributed by atoms with Crippen molar-refractivity contribution in [1.29, 1.82) is 0 Å². The summed E-state index contributed by atoms with van der Waals surface area (Å²) in [5, 5.41) is 3.34. The molecule has 2 fully saturated rings. The van der Waals surface area contributed by atoms with E-state index < -0.39 is 0 Å². The zero-order valence-corrected chi connectivity index (χ0v) is 16.8. The second-order valence-corrected chi connectivity index (χ2v) is 8.24. The molecule has 2 saturated heterocycles. The minimum atomic E-state index is -0.202. The van der Waals surface area contributed by atoms with Crippen LogP contribution in [-0.2, 0) is 17.8 Å². The van der Waals surface area contributed by atoms with Gasteiger partial charge >= 0.3 is 6.09 Å². The Kier molecular flexibility index (Phi) is 4.73. The lowest BCUT2D eigenvalue weighted by Gasteiger charge is -2.43. The summed E-state index contributed by atoms with van der Waals surface area (Å²) >= 11 is 0. The predicted octanol–water partition coefficient (Wildman–Crippen LogP) is 3.07. The third-order valence-corrected chi connectivity index (χ3v) is 6.53. The molecule has 0 aliphatic carbocycles. The van der Waals surface area contributed by atoms with Gasteiger partial charge in [-0.2, -0.15) is 0 Å². The summed E-state index contributed by atoms with van der Waals surface area (Å²) in [5.74, 6) is 2.50. The van der Waals surface area contributed by atoms with E-state index in [0.29, 0.717) is 12.5 Å². The van der Waals surface area contributed by atoms with Gasteiger partial charge in [-0.15, -0.1) is 0 Å². The number of benzene rings is 1. The molecular formula is C22H27N5O2. The van der Waals surface area contributed by atoms with E-state index in [1.165, 1.54) is 5.56 Å². The van der Waals surface area contributed by atoms with Gasteiger partial charge in [-0.25, -0.2) is 14.8 Å². The van der Waals surface area contributed by atoms with E-state index in [0.717, 1.165) is 56.1 Å². The van der Waals surface area contributed by atoms with Gasteiger partial charge in [0.1, 0.15) is 24.6 Å². The lowest BCUT2D eigenvalue weighted by Crippen LogP contribution is -2.55. The Bertz CT molecular complexity index is 890. The molecule has 7 nitrogen and oxygen atoms in total. The first-order valence-electron chi connectivity index (χ1n) is 10.5. The normalized spacial score (nSPS) is 25.3. The van der Waals surface area contributed by atoms with Gasteiger partial charge in [0.2, 0.25) is 0 Å². The Morgan fingerprint density at radius 2 is 2.07 bits per heavy atom. The van der Waals surface area contributed by atoms with Crippen LogP contribution >= 0.6 is 0 Å². The van der Waals surface area contributed by atoms with Crippen molar-refractivity contribution in [3.63, 3.8) is 0 Å². The van der Waals surface area contributed by atoms with Crippen LogP contribution in [0.15, 0.2) is 36.7 Å². The Labute approximate surface area is 171 Å². The highest BCUT2D eigenvalue weighted by molar-refractivity contribution is 5.69. The van der Waals surface area contributed by atoms with Crippen molar-refractivity contribution in [2.45, 2.75) is 44.9 Å². The predicted molar refractivity (Wildman–Crippen MR) is 111 cm³/mol. The van der Waals surface area contributed by atoms with Crippen LogP contribution in [0.4, 0.5) is 16.4 Å². The molecule has 3 atom stereocenters. The summed E-state index contributed by atoms with van der Waals surface area (Å²) in [6.07, 6.45) is 4.33. The number of hydrogen-bond acceptors (Lipinski definition) is 6. The molecule has 0 radical (unpaired) electrons. The number of hydrogen-bond donors (Lipinski definition) is 1. The fourth-order valence-corrected chi connectivity index (χ4v) is 5.12. The first-order valence-corrected chi connectivity index (χ1v) is 10.5. The van der Waals surface area contributed by atoms with Gasteiger partial charge in [-0.05, 0) is 30.7 Å². The highest BCUT2D eigenvalue weighted by atomic mass is 16.6. The molecule has 3 unspecified atom stereocenters. The van der Waals surface area contributed by atoms with Gasteiger partial charge < -0.3 is 19.9 Å². The molecule has 1 aromatic heterocycles. The smallest absolute Gasteiger partial charge is 0.410 e. The Morgan fingerprint density at radius 1 is 1.21 bits per heavy atom. The number of rotatable bonds is 3. The lowest BCUT2D eigenvalue weighted by atomic mass is 9.87. The van der Waals surface area contributed by atoms with Gasteiger partial charge in [-0.1, -0.05) is 37.3 Å². The van der Waals surface area contributed by atoms with E-state index in [2.05, 4.69) is 27.1 Å². The summed E-state index contributed by atoms with van der Waals surface area (Å²) in [7, 11) is 0. The van der Waals surface area contributed by atoms with Gasteiger partial charge in [0, 0.05) is 25.2 Å². The fourth-order valence-electron chi connectivity index (χ4n) is 5.12. The molecule has 5 rings (SSSR count). The number of amides is 1. The zero-order chi connectivity index (χ0) is 19.8. The SMILES string of the molecule is CC1CCN(C(=O)OCc2ccccc2)C2CCN(c3ncnc4c3CCN4)C12. The molecule has 7 heteroatoms. The first-order chi connectivity index (χ1) is 14.2. The van der Waals surface area contributed by atoms with E-state index >= 15 is 0 Å². The summed E-state index contributed by atoms with van der Waals surface area (Å²) in [6, 6.07) is 10.3. The fraction of sp³-hybridized carbons (Fsp3) is 0.500. The summed E-state index contributed by atoms with van der Waals surface area (Å²) in [6.45, 7) is 5.19. The second kappa shape index (κ2) is 7.54. The van der Waals surface area contributed by atoms with Crippen molar-refractivity contribution in [3.05, 3.63) is 47.8 Å². The summed E-state index contributed by atoms with van der Waals surface area (Å²) in [5.41, 5.74) is 2.23. The third kappa shape index (κ3) is 3.28. The maximum Gasteiger partial charge on any atom is 0.410 e. The monoisotopic (exact) mass is 393 g/mol. The first kappa shape index (κ1) is 18.2. The van der Waals surface area contributed by atoms with Gasteiger partial charge in [0.15, 0.2) is 0 Å². The van der Waals surface area contributed by atoms with E-state index in [-0.39, 0.29) is 18.2 Å². The van der Waals surface area contributed by atoms with E-state index in [1.807, 2.05) is 35.2 Å². The standard InChI is InChI=1S/C22H27N5O2/c1-15-8-11-26(22(28)29-13-16-5-3-2-4-6-16)18-9-12-27(19(15)18)21-17-7-10-23-20(17)24-14-25-21/h2-6,14-15,18-19H,7-13H2,1H3,(H,23,24,25). The number of anilines is 2. The highest BCUT2D eigenvalue weighted by Crippen LogP contribution is 2.39. The minimum absolute atomic E-state index is 0.169. The number of carbonyl (C=O) groups is 1. The maximum atomic E-state index is 12.9. The number of piperidine rings is 1. The Balaban J connectivity index is 1.34. The number of nitrogens with one attached hydrogen (secondary N) is 1. The Morgan fingerprint density at radius 3 is 2.93 bits per heavy atom. The number of aromatic nitrogens is 2. The molecule has 1 N–H and O–H groups in total. The van der Waals surface area contributed by atoms with Crippen LogP contribution in [0.5, 0.6) is 0 Å². The number of carbonyl (C=O) groups excluding carboxylic acids is 1. The average Bonchev–Trinajstić information content (AvgIpc) is 3.40. The molecule has 0 saturated carbocycles. The number of ether oxygens (including phenoxy) is 1. The summed E-state index contributed by atoms with van der Waals surface area (Å²) in [4.78, 5) is 26.3. The van der Waals surface area contributed by atoms with Gasteiger partial charge in [0.05, 0.1) is 12.1 Å². The third-order valence-electron chi connectivity index (χ3n) is 6.53. The van der Waals surface area contributed by atoms with Crippen molar-refractivity contribution in [2.24, 2.45) is 5.92 Å². The molecular weight excluding hydrogens is 366 g/mol. The van der Waals surface area contributed by atoms with Crippen molar-refractivity contribution >= 4 is 17.7 Å². The van der Waals surface area contributed by atoms with Crippen molar-refractivity contribution in [3.8, 4) is 0 Å². The lowest BCUT2D eigenvalue weighted by molar-refractivity contribution is 0.0571. The van der Waals surface area contributed by atoms with Crippen molar-refractivity contribution < 1.29 is 9.53 Å². The van der Waals surface area contributed by atoms with Crippen molar-refractivity contribution in [1.82, 2.24) is 14.9 Å². The topological polar surface area (TPSA) is 70.6 Å². The second-order valence-electron chi connectivity index (χ2n) is 8.24. The van der Waals surface area contributed by atoms with Gasteiger partial charge in [0.25, 0.3) is 0 Å². The van der Waals surface area contributed by atoms with Crippen LogP contribution in [0.3, 0.4) is 0 Å². The van der Waals surface area contributed by atoms with E-state index in [1.54, 1.807) is 6.33 Å². The van der Waals surface area contributed by atoms with Crippen molar-refractivity contribution in [2.75, 3.05) is 29.9 Å². The van der Waals surface area contributed by atoms with Crippen LogP contribution in [0.1, 0.15) is 30.9 Å². The molecule has 29 heavy (non-hydrogen) atoms. The van der Waals surface area contributed by atoms with Gasteiger partial charge in [-0.3, -0.25) is 0 Å². The minimum Gasteiger partial charge on any atom is -0.445 e. The maximum absolute atomic E-state index is 12.9. The number of nitrogens with zero attached hydrogens (tertiary/aromatic N) is 4. The highest BCUT2D eigenvalue weighted by Gasteiger charge is 2.47. The van der Waals surface area contributed by atoms with E-state index in [9.17, 15) is 4.79 Å². The van der Waals surface area contributed by atoms with Crippen LogP contribution in [0.2, 0.25) is 0 Å². The molecule has 3 aliphatic heterocycles. The molecule has 1 aromatic carbocycles. The van der Waals surface area contributed by atoms with Crippen LogP contribution in [0, 0.1) is 5.92 Å². The largest absolute Gasteiger partial charge is 0.445 e. The number of fused-ring (bicyclic) bond motifs is 2. The Hall–Kier alpha value is -2.83. The van der Waals surface area contributed by atoms with E-state index in [4.69, 9.17) is 4.74 Å². The molecule has 1 amide bonds.